The van der Waals surface area contributed by atoms with Crippen LogP contribution in [0.1, 0.15) is 63.9 Å². The fourth-order valence-corrected chi connectivity index (χ4v) is 4.55. The SMILES string of the molecule is CCCCC/C=C\C[C@H]1C=CC(=O)[C@@H]1[C@H](O)[C@H]1O[C@@H]1CCCCOCc1ccc(OC)cc1. The van der Waals surface area contributed by atoms with Gasteiger partial charge >= 0.3 is 0 Å². The normalized spacial score (nSPS) is 25.1. The van der Waals surface area contributed by atoms with Crippen molar-refractivity contribution in [2.45, 2.75) is 83.2 Å². The zero-order valence-electron chi connectivity index (χ0n) is 20.2. The highest BCUT2D eigenvalue weighted by Gasteiger charge is 2.50. The second-order valence-corrected chi connectivity index (χ2v) is 9.18. The van der Waals surface area contributed by atoms with Crippen molar-refractivity contribution in [3.63, 3.8) is 0 Å². The molecular formula is C28H40O5. The number of hydrogen-bond acceptors (Lipinski definition) is 5. The highest BCUT2D eigenvalue weighted by Crippen LogP contribution is 2.38. The van der Waals surface area contributed by atoms with E-state index in [4.69, 9.17) is 14.2 Å². The Hall–Kier alpha value is -1.95. The summed E-state index contributed by atoms with van der Waals surface area (Å²) in [7, 11) is 1.66. The van der Waals surface area contributed by atoms with E-state index in [0.717, 1.165) is 43.4 Å². The Bertz CT molecular complexity index is 769. The Morgan fingerprint density at radius 1 is 1.12 bits per heavy atom. The van der Waals surface area contributed by atoms with Crippen molar-refractivity contribution in [2.24, 2.45) is 11.8 Å². The van der Waals surface area contributed by atoms with Gasteiger partial charge in [0.15, 0.2) is 5.78 Å². The van der Waals surface area contributed by atoms with Gasteiger partial charge in [0.2, 0.25) is 0 Å². The number of ketones is 1. The number of methoxy groups -OCH3 is 1. The third-order valence-corrected chi connectivity index (χ3v) is 6.63. The maximum atomic E-state index is 12.4. The van der Waals surface area contributed by atoms with Crippen LogP contribution in [0.25, 0.3) is 0 Å². The van der Waals surface area contributed by atoms with Gasteiger partial charge in [-0.05, 0) is 68.2 Å². The number of rotatable bonds is 16. The minimum Gasteiger partial charge on any atom is -0.497 e. The molecule has 5 atom stereocenters. The lowest BCUT2D eigenvalue weighted by Gasteiger charge is -2.21. The van der Waals surface area contributed by atoms with Gasteiger partial charge in [-0.15, -0.1) is 0 Å². The number of epoxide rings is 1. The lowest BCUT2D eigenvalue weighted by Crippen LogP contribution is -2.34. The fraction of sp³-hybridized carbons (Fsp3) is 0.607. The largest absolute Gasteiger partial charge is 0.497 e. The van der Waals surface area contributed by atoms with E-state index in [0.29, 0.717) is 13.2 Å². The van der Waals surface area contributed by atoms with Crippen molar-refractivity contribution in [1.82, 2.24) is 0 Å². The number of benzene rings is 1. The molecule has 1 N–H and O–H groups in total. The lowest BCUT2D eigenvalue weighted by molar-refractivity contribution is -0.122. The van der Waals surface area contributed by atoms with Crippen LogP contribution in [0.4, 0.5) is 0 Å². The highest BCUT2D eigenvalue weighted by atomic mass is 16.6. The van der Waals surface area contributed by atoms with Crippen LogP contribution >= 0.6 is 0 Å². The predicted octanol–water partition coefficient (Wildman–Crippen LogP) is 5.41. The Labute approximate surface area is 198 Å². The summed E-state index contributed by atoms with van der Waals surface area (Å²) in [6, 6.07) is 7.90. The molecule has 1 fully saturated rings. The number of unbranched alkanes of at least 4 members (excludes halogenated alkanes) is 4. The zero-order valence-corrected chi connectivity index (χ0v) is 20.2. The average Bonchev–Trinajstić information content (AvgIpc) is 3.52. The van der Waals surface area contributed by atoms with Crippen molar-refractivity contribution in [2.75, 3.05) is 13.7 Å². The van der Waals surface area contributed by atoms with Crippen LogP contribution in [-0.2, 0) is 20.9 Å². The first kappa shape index (κ1) is 25.7. The summed E-state index contributed by atoms with van der Waals surface area (Å²) >= 11 is 0. The minimum absolute atomic E-state index is 0.0352. The summed E-state index contributed by atoms with van der Waals surface area (Å²) in [6.07, 6.45) is 15.5. The van der Waals surface area contributed by atoms with E-state index in [1.165, 1.54) is 19.3 Å². The van der Waals surface area contributed by atoms with E-state index in [1.807, 2.05) is 30.3 Å². The first-order chi connectivity index (χ1) is 16.1. The van der Waals surface area contributed by atoms with Gasteiger partial charge < -0.3 is 19.3 Å². The van der Waals surface area contributed by atoms with Crippen LogP contribution in [0.15, 0.2) is 48.6 Å². The van der Waals surface area contributed by atoms with Crippen molar-refractivity contribution < 1.29 is 24.1 Å². The van der Waals surface area contributed by atoms with Crippen molar-refractivity contribution in [1.29, 1.82) is 0 Å². The van der Waals surface area contributed by atoms with Crippen LogP contribution in [0.2, 0.25) is 0 Å². The number of ether oxygens (including phenoxy) is 3. The summed E-state index contributed by atoms with van der Waals surface area (Å²) in [5, 5.41) is 10.8. The van der Waals surface area contributed by atoms with E-state index < -0.39 is 6.10 Å². The van der Waals surface area contributed by atoms with Gasteiger partial charge in [0.25, 0.3) is 0 Å². The lowest BCUT2D eigenvalue weighted by atomic mass is 9.84. The molecular weight excluding hydrogens is 416 g/mol. The van der Waals surface area contributed by atoms with Crippen LogP contribution in [-0.4, -0.2) is 42.9 Å². The highest BCUT2D eigenvalue weighted by molar-refractivity contribution is 5.95. The van der Waals surface area contributed by atoms with Crippen LogP contribution < -0.4 is 4.74 Å². The van der Waals surface area contributed by atoms with Gasteiger partial charge in [0.05, 0.1) is 31.8 Å². The topological polar surface area (TPSA) is 68.3 Å². The minimum atomic E-state index is -0.720. The van der Waals surface area contributed by atoms with Crippen LogP contribution in [0.3, 0.4) is 0 Å². The Balaban J connectivity index is 1.29. The van der Waals surface area contributed by atoms with E-state index >= 15 is 0 Å². The predicted molar refractivity (Wildman–Crippen MR) is 130 cm³/mol. The number of carbonyl (C=O) groups excluding carboxylic acids is 1. The molecule has 1 aliphatic carbocycles. The first-order valence-electron chi connectivity index (χ1n) is 12.5. The van der Waals surface area contributed by atoms with Gasteiger partial charge in [-0.2, -0.15) is 0 Å². The Kier molecular flexibility index (Phi) is 10.6. The third kappa shape index (κ3) is 8.09. The maximum absolute atomic E-state index is 12.4. The van der Waals surface area contributed by atoms with E-state index in [2.05, 4.69) is 19.1 Å². The molecule has 1 aromatic carbocycles. The molecule has 0 saturated carbocycles. The summed E-state index contributed by atoms with van der Waals surface area (Å²) in [6.45, 7) is 3.50. The Morgan fingerprint density at radius 2 is 1.94 bits per heavy atom. The first-order valence-corrected chi connectivity index (χ1v) is 12.5. The smallest absolute Gasteiger partial charge is 0.161 e. The summed E-state index contributed by atoms with van der Waals surface area (Å²) in [5.74, 6) is 0.590. The molecule has 1 aromatic rings. The van der Waals surface area contributed by atoms with E-state index in [1.54, 1.807) is 13.2 Å². The zero-order chi connectivity index (χ0) is 23.5. The van der Waals surface area contributed by atoms with Crippen molar-refractivity contribution in [3.8, 4) is 5.75 Å². The van der Waals surface area contributed by atoms with Gasteiger partial charge in [0, 0.05) is 6.61 Å². The fourth-order valence-electron chi connectivity index (χ4n) is 4.55. The molecule has 1 saturated heterocycles. The molecule has 1 heterocycles. The van der Waals surface area contributed by atoms with Gasteiger partial charge in [-0.25, -0.2) is 0 Å². The molecule has 5 heteroatoms. The number of aliphatic hydroxyl groups excluding tert-OH is 1. The standard InChI is InChI=1S/C28H40O5/c1-3-4-5-6-7-8-11-22-15-18-24(29)26(22)27(30)28-25(33-28)12-9-10-19-32-20-21-13-16-23(31-2)17-14-21/h7-8,13-18,22,25-28,30H,3-6,9-12,19-20H2,1-2H3/b8-7-/t22-,25+,26+,27-,28-/m0/s1. The summed E-state index contributed by atoms with van der Waals surface area (Å²) in [4.78, 5) is 12.4. The molecule has 0 aromatic heterocycles. The second kappa shape index (κ2) is 13.7. The molecule has 1 aliphatic heterocycles. The van der Waals surface area contributed by atoms with Crippen molar-refractivity contribution in [3.05, 3.63) is 54.1 Å². The molecule has 0 amide bonds. The molecule has 0 bridgehead atoms. The maximum Gasteiger partial charge on any atom is 0.161 e. The molecule has 2 aliphatic rings. The molecule has 0 spiro atoms. The summed E-state index contributed by atoms with van der Waals surface area (Å²) < 4.78 is 16.7. The number of allylic oxidation sites excluding steroid dienone is 4. The van der Waals surface area contributed by atoms with E-state index in [-0.39, 0.29) is 29.8 Å². The molecule has 0 unspecified atom stereocenters. The van der Waals surface area contributed by atoms with Gasteiger partial charge in [-0.3, -0.25) is 4.79 Å². The number of aliphatic hydroxyl groups is 1. The third-order valence-electron chi connectivity index (χ3n) is 6.63. The average molecular weight is 457 g/mol. The monoisotopic (exact) mass is 456 g/mol. The molecule has 3 rings (SSSR count). The molecule has 5 nitrogen and oxygen atoms in total. The molecule has 182 valence electrons. The van der Waals surface area contributed by atoms with Crippen molar-refractivity contribution >= 4 is 5.78 Å². The quantitative estimate of drug-likeness (QED) is 0.205. The second-order valence-electron chi connectivity index (χ2n) is 9.18. The van der Waals surface area contributed by atoms with Crippen LogP contribution in [0.5, 0.6) is 5.75 Å². The van der Waals surface area contributed by atoms with Gasteiger partial charge in [-0.1, -0.05) is 50.1 Å². The molecule has 0 radical (unpaired) electrons. The summed E-state index contributed by atoms with van der Waals surface area (Å²) in [5.41, 5.74) is 1.13. The van der Waals surface area contributed by atoms with E-state index in [9.17, 15) is 9.90 Å². The van der Waals surface area contributed by atoms with Crippen LogP contribution in [0, 0.1) is 11.8 Å². The number of hydrogen-bond donors (Lipinski definition) is 1. The molecule has 33 heavy (non-hydrogen) atoms. The number of carbonyl (C=O) groups is 1. The van der Waals surface area contributed by atoms with Gasteiger partial charge in [0.1, 0.15) is 11.9 Å². The Morgan fingerprint density at radius 3 is 2.70 bits per heavy atom.